The van der Waals surface area contributed by atoms with E-state index in [4.69, 9.17) is 0 Å². The van der Waals surface area contributed by atoms with Gasteiger partial charge in [-0.15, -0.1) is 0 Å². The van der Waals surface area contributed by atoms with E-state index >= 15 is 0 Å². The summed E-state index contributed by atoms with van der Waals surface area (Å²) in [5.41, 5.74) is -0.553. The molecule has 120 valence electrons. The first-order valence-electron chi connectivity index (χ1n) is 7.92. The minimum Gasteiger partial charge on any atom is -0.341 e. The third-order valence-corrected chi connectivity index (χ3v) is 4.61. The van der Waals surface area contributed by atoms with E-state index in [2.05, 4.69) is 10.2 Å². The lowest BCUT2D eigenvalue weighted by Crippen LogP contribution is -2.60. The van der Waals surface area contributed by atoms with Crippen molar-refractivity contribution < 1.29 is 9.59 Å². The first-order valence-corrected chi connectivity index (χ1v) is 7.92. The third-order valence-electron chi connectivity index (χ3n) is 4.61. The van der Waals surface area contributed by atoms with E-state index in [0.29, 0.717) is 0 Å². The number of piperazine rings is 1. The topological polar surface area (TPSA) is 55.9 Å². The number of nitrogens with one attached hydrogen (secondary N) is 1. The van der Waals surface area contributed by atoms with Gasteiger partial charge in [0.15, 0.2) is 0 Å². The molecule has 0 bridgehead atoms. The van der Waals surface area contributed by atoms with Crippen LogP contribution in [0.4, 0.5) is 0 Å². The highest BCUT2D eigenvalue weighted by Crippen LogP contribution is 2.18. The molecule has 0 saturated carbocycles. The largest absolute Gasteiger partial charge is 0.341 e. The first kappa shape index (κ1) is 16.2. The van der Waals surface area contributed by atoms with Gasteiger partial charge in [-0.2, -0.15) is 0 Å². The Balaban J connectivity index is 1.92. The molecule has 0 aromatic rings. The molecule has 2 heterocycles. The van der Waals surface area contributed by atoms with Crippen molar-refractivity contribution in [2.75, 3.05) is 52.9 Å². The van der Waals surface area contributed by atoms with Crippen LogP contribution in [-0.4, -0.2) is 84.9 Å². The summed E-state index contributed by atoms with van der Waals surface area (Å²) in [5.74, 6) is 0.0939. The van der Waals surface area contributed by atoms with Gasteiger partial charge in [0.25, 0.3) is 0 Å². The van der Waals surface area contributed by atoms with Gasteiger partial charge in [0.2, 0.25) is 11.8 Å². The SMILES string of the molecule is CN(CC(=O)N1CCCC1)C(=O)C(C)(C)N1CCNCC1. The lowest BCUT2D eigenvalue weighted by atomic mass is 9.99. The number of hydrogen-bond acceptors (Lipinski definition) is 4. The molecular weight excluding hydrogens is 268 g/mol. The maximum Gasteiger partial charge on any atom is 0.242 e. The van der Waals surface area contributed by atoms with E-state index in [1.54, 1.807) is 11.9 Å². The second-order valence-electron chi connectivity index (χ2n) is 6.55. The number of nitrogens with zero attached hydrogens (tertiary/aromatic N) is 3. The Morgan fingerprint density at radius 1 is 1.10 bits per heavy atom. The molecule has 6 nitrogen and oxygen atoms in total. The second-order valence-corrected chi connectivity index (χ2v) is 6.55. The summed E-state index contributed by atoms with van der Waals surface area (Å²) in [5, 5.41) is 3.30. The molecule has 2 fully saturated rings. The van der Waals surface area contributed by atoms with E-state index < -0.39 is 5.54 Å². The molecule has 2 rings (SSSR count). The van der Waals surface area contributed by atoms with Crippen molar-refractivity contribution in [3.63, 3.8) is 0 Å². The molecule has 6 heteroatoms. The molecule has 2 aliphatic rings. The minimum atomic E-state index is -0.553. The molecule has 2 aliphatic heterocycles. The summed E-state index contributed by atoms with van der Waals surface area (Å²) in [6.45, 7) is 9.33. The minimum absolute atomic E-state index is 0.0250. The normalized spacial score (nSPS) is 20.6. The Labute approximate surface area is 127 Å². The fourth-order valence-electron chi connectivity index (χ4n) is 3.17. The monoisotopic (exact) mass is 296 g/mol. The van der Waals surface area contributed by atoms with E-state index in [0.717, 1.165) is 52.1 Å². The number of rotatable bonds is 4. The zero-order valence-electron chi connectivity index (χ0n) is 13.5. The lowest BCUT2D eigenvalue weighted by molar-refractivity contribution is -0.146. The molecule has 0 radical (unpaired) electrons. The van der Waals surface area contributed by atoms with Gasteiger partial charge in [-0.05, 0) is 26.7 Å². The molecule has 0 aromatic heterocycles. The Hall–Kier alpha value is -1.14. The summed E-state index contributed by atoms with van der Waals surface area (Å²) in [4.78, 5) is 30.5. The summed E-state index contributed by atoms with van der Waals surface area (Å²) in [6, 6.07) is 0. The molecule has 0 aromatic carbocycles. The Morgan fingerprint density at radius 2 is 1.67 bits per heavy atom. The molecule has 0 unspecified atom stereocenters. The third kappa shape index (κ3) is 3.74. The number of hydrogen-bond donors (Lipinski definition) is 1. The van der Waals surface area contributed by atoms with Crippen molar-refractivity contribution in [1.82, 2.24) is 20.0 Å². The highest BCUT2D eigenvalue weighted by atomic mass is 16.2. The van der Waals surface area contributed by atoms with Crippen LogP contribution < -0.4 is 5.32 Å². The average molecular weight is 296 g/mol. The predicted molar refractivity (Wildman–Crippen MR) is 82.0 cm³/mol. The number of carbonyl (C=O) groups excluding carboxylic acids is 2. The van der Waals surface area contributed by atoms with Gasteiger partial charge >= 0.3 is 0 Å². The van der Waals surface area contributed by atoms with Gasteiger partial charge < -0.3 is 15.1 Å². The fourth-order valence-corrected chi connectivity index (χ4v) is 3.17. The van der Waals surface area contributed by atoms with Gasteiger partial charge in [-0.3, -0.25) is 14.5 Å². The van der Waals surface area contributed by atoms with Crippen LogP contribution in [0.3, 0.4) is 0 Å². The number of carbonyl (C=O) groups is 2. The molecule has 0 aliphatic carbocycles. The van der Waals surface area contributed by atoms with E-state index in [1.807, 2.05) is 18.7 Å². The molecule has 0 spiro atoms. The maximum absolute atomic E-state index is 12.7. The zero-order chi connectivity index (χ0) is 15.5. The molecule has 2 amide bonds. The van der Waals surface area contributed by atoms with Crippen LogP contribution in [-0.2, 0) is 9.59 Å². The predicted octanol–water partition coefficient (Wildman–Crippen LogP) is -0.249. The van der Waals surface area contributed by atoms with Crippen molar-refractivity contribution in [1.29, 1.82) is 0 Å². The van der Waals surface area contributed by atoms with Crippen LogP contribution in [0.2, 0.25) is 0 Å². The highest BCUT2D eigenvalue weighted by molar-refractivity contribution is 5.89. The molecule has 2 saturated heterocycles. The Bertz CT molecular complexity index is 385. The van der Waals surface area contributed by atoms with Crippen LogP contribution in [0.25, 0.3) is 0 Å². The van der Waals surface area contributed by atoms with Gasteiger partial charge in [-0.1, -0.05) is 0 Å². The number of amides is 2. The van der Waals surface area contributed by atoms with Gasteiger partial charge in [0.05, 0.1) is 12.1 Å². The average Bonchev–Trinajstić information content (AvgIpc) is 3.01. The Kier molecular flexibility index (Phi) is 5.22. The zero-order valence-corrected chi connectivity index (χ0v) is 13.5. The summed E-state index contributed by atoms with van der Waals surface area (Å²) < 4.78 is 0. The van der Waals surface area contributed by atoms with Crippen LogP contribution in [0.15, 0.2) is 0 Å². The van der Waals surface area contributed by atoms with Crippen molar-refractivity contribution in [3.8, 4) is 0 Å². The Morgan fingerprint density at radius 3 is 2.24 bits per heavy atom. The van der Waals surface area contributed by atoms with Crippen LogP contribution in [0, 0.1) is 0 Å². The summed E-state index contributed by atoms with van der Waals surface area (Å²) >= 11 is 0. The van der Waals surface area contributed by atoms with E-state index in [-0.39, 0.29) is 18.4 Å². The maximum atomic E-state index is 12.7. The van der Waals surface area contributed by atoms with Crippen molar-refractivity contribution >= 4 is 11.8 Å². The van der Waals surface area contributed by atoms with Gasteiger partial charge in [0, 0.05) is 46.3 Å². The van der Waals surface area contributed by atoms with Crippen molar-refractivity contribution in [3.05, 3.63) is 0 Å². The first-order chi connectivity index (χ1) is 9.93. The van der Waals surface area contributed by atoms with Gasteiger partial charge in [0.1, 0.15) is 0 Å². The summed E-state index contributed by atoms with van der Waals surface area (Å²) in [7, 11) is 1.74. The molecule has 21 heavy (non-hydrogen) atoms. The van der Waals surface area contributed by atoms with E-state index in [1.165, 1.54) is 0 Å². The van der Waals surface area contributed by atoms with E-state index in [9.17, 15) is 9.59 Å². The number of likely N-dealkylation sites (N-methyl/N-ethyl adjacent to an activating group) is 1. The van der Waals surface area contributed by atoms with Crippen molar-refractivity contribution in [2.45, 2.75) is 32.2 Å². The quantitative estimate of drug-likeness (QED) is 0.777. The second kappa shape index (κ2) is 6.75. The van der Waals surface area contributed by atoms with Crippen LogP contribution in [0.5, 0.6) is 0 Å². The molecular formula is C15H28N4O2. The van der Waals surface area contributed by atoms with Crippen LogP contribution >= 0.6 is 0 Å². The summed E-state index contributed by atoms with van der Waals surface area (Å²) in [6.07, 6.45) is 2.16. The van der Waals surface area contributed by atoms with Crippen LogP contribution in [0.1, 0.15) is 26.7 Å². The highest BCUT2D eigenvalue weighted by Gasteiger charge is 2.37. The molecule has 1 N–H and O–H groups in total. The van der Waals surface area contributed by atoms with Gasteiger partial charge in [-0.25, -0.2) is 0 Å². The fraction of sp³-hybridized carbons (Fsp3) is 0.867. The smallest absolute Gasteiger partial charge is 0.242 e. The molecule has 0 atom stereocenters. The van der Waals surface area contributed by atoms with Crippen molar-refractivity contribution in [2.24, 2.45) is 0 Å². The lowest BCUT2D eigenvalue weighted by Gasteiger charge is -2.41. The number of likely N-dealkylation sites (tertiary alicyclic amines) is 1. The standard InChI is InChI=1S/C15H28N4O2/c1-15(2,19-10-6-16-7-11-19)14(21)17(3)12-13(20)18-8-4-5-9-18/h16H,4-12H2,1-3H3.